The van der Waals surface area contributed by atoms with Gasteiger partial charge in [-0.15, -0.1) is 0 Å². The molecule has 0 radical (unpaired) electrons. The minimum Gasteiger partial charge on any atom is -0.369 e. The Labute approximate surface area is 128 Å². The summed E-state index contributed by atoms with van der Waals surface area (Å²) in [7, 11) is 0. The Bertz CT molecular complexity index is 681. The number of hydrogen-bond acceptors (Lipinski definition) is 3. The molecule has 2 atom stereocenters. The molecule has 1 saturated carbocycles. The van der Waals surface area contributed by atoms with Gasteiger partial charge in [0, 0.05) is 24.0 Å². The van der Waals surface area contributed by atoms with Crippen molar-refractivity contribution >= 4 is 11.8 Å². The lowest BCUT2D eigenvalue weighted by molar-refractivity contribution is -0.122. The summed E-state index contributed by atoms with van der Waals surface area (Å²) >= 11 is 0. The van der Waals surface area contributed by atoms with E-state index in [4.69, 9.17) is 5.73 Å². The van der Waals surface area contributed by atoms with Crippen molar-refractivity contribution in [1.82, 2.24) is 15.1 Å². The van der Waals surface area contributed by atoms with Gasteiger partial charge in [0.1, 0.15) is 0 Å². The number of primary amides is 1. The van der Waals surface area contributed by atoms with Gasteiger partial charge in [-0.1, -0.05) is 12.5 Å². The topological polar surface area (TPSA) is 90.0 Å². The normalized spacial score (nSPS) is 20.7. The summed E-state index contributed by atoms with van der Waals surface area (Å²) < 4.78 is 1.69. The van der Waals surface area contributed by atoms with E-state index in [9.17, 15) is 9.59 Å². The van der Waals surface area contributed by atoms with Crippen LogP contribution in [-0.4, -0.2) is 27.6 Å². The summed E-state index contributed by atoms with van der Waals surface area (Å²) in [6.07, 6.45) is 5.94. The fourth-order valence-electron chi connectivity index (χ4n) is 2.94. The molecule has 3 N–H and O–H groups in total. The number of rotatable bonds is 4. The van der Waals surface area contributed by atoms with E-state index >= 15 is 0 Å². The molecule has 0 saturated heterocycles. The zero-order valence-corrected chi connectivity index (χ0v) is 12.1. The van der Waals surface area contributed by atoms with Crippen molar-refractivity contribution in [3.8, 4) is 5.69 Å². The van der Waals surface area contributed by atoms with Crippen molar-refractivity contribution in [3.05, 3.63) is 48.3 Å². The van der Waals surface area contributed by atoms with Crippen molar-refractivity contribution < 1.29 is 9.59 Å². The Morgan fingerprint density at radius 1 is 1.27 bits per heavy atom. The van der Waals surface area contributed by atoms with Crippen LogP contribution in [0.3, 0.4) is 0 Å². The lowest BCUT2D eigenvalue weighted by Gasteiger charge is -2.18. The third-order valence-corrected chi connectivity index (χ3v) is 4.08. The zero-order valence-electron chi connectivity index (χ0n) is 12.1. The van der Waals surface area contributed by atoms with Crippen molar-refractivity contribution in [2.45, 2.75) is 25.3 Å². The van der Waals surface area contributed by atoms with Crippen LogP contribution in [0.4, 0.5) is 0 Å². The van der Waals surface area contributed by atoms with Gasteiger partial charge in [0.15, 0.2) is 0 Å². The largest absolute Gasteiger partial charge is 0.369 e. The molecule has 0 bridgehead atoms. The van der Waals surface area contributed by atoms with Crippen LogP contribution in [0.25, 0.3) is 5.69 Å². The predicted molar refractivity (Wildman–Crippen MR) is 81.4 cm³/mol. The van der Waals surface area contributed by atoms with Crippen LogP contribution in [-0.2, 0) is 4.79 Å². The number of benzene rings is 1. The second-order valence-electron chi connectivity index (χ2n) is 5.52. The summed E-state index contributed by atoms with van der Waals surface area (Å²) in [5.74, 6) is -0.793. The highest BCUT2D eigenvalue weighted by Gasteiger charge is 2.32. The maximum absolute atomic E-state index is 12.4. The Morgan fingerprint density at radius 2 is 2.14 bits per heavy atom. The molecular formula is C16H18N4O2. The lowest BCUT2D eigenvalue weighted by Crippen LogP contribution is -2.42. The van der Waals surface area contributed by atoms with Crippen LogP contribution in [0.15, 0.2) is 42.7 Å². The first-order valence-electron chi connectivity index (χ1n) is 7.35. The zero-order chi connectivity index (χ0) is 15.5. The fourth-order valence-corrected chi connectivity index (χ4v) is 2.94. The van der Waals surface area contributed by atoms with E-state index in [1.807, 2.05) is 24.4 Å². The fraction of sp³-hybridized carbons (Fsp3) is 0.312. The predicted octanol–water partition coefficient (Wildman–Crippen LogP) is 1.26. The third kappa shape index (κ3) is 2.86. The Kier molecular flexibility index (Phi) is 3.91. The van der Waals surface area contributed by atoms with Crippen molar-refractivity contribution in [2.24, 2.45) is 11.7 Å². The van der Waals surface area contributed by atoms with Crippen LogP contribution < -0.4 is 11.1 Å². The van der Waals surface area contributed by atoms with E-state index in [-0.39, 0.29) is 23.8 Å². The molecule has 22 heavy (non-hydrogen) atoms. The van der Waals surface area contributed by atoms with Gasteiger partial charge >= 0.3 is 0 Å². The summed E-state index contributed by atoms with van der Waals surface area (Å²) in [6, 6.07) is 8.87. The Hall–Kier alpha value is -2.63. The van der Waals surface area contributed by atoms with Crippen LogP contribution in [0.1, 0.15) is 29.6 Å². The van der Waals surface area contributed by atoms with Crippen LogP contribution in [0.2, 0.25) is 0 Å². The average molecular weight is 298 g/mol. The molecule has 114 valence electrons. The van der Waals surface area contributed by atoms with E-state index in [2.05, 4.69) is 10.4 Å². The molecule has 2 aromatic rings. The molecule has 2 amide bonds. The van der Waals surface area contributed by atoms with Crippen molar-refractivity contribution in [3.63, 3.8) is 0 Å². The number of nitrogens with zero attached hydrogens (tertiary/aromatic N) is 2. The second-order valence-corrected chi connectivity index (χ2v) is 5.52. The number of amides is 2. The summed E-state index contributed by atoms with van der Waals surface area (Å²) in [5, 5.41) is 7.08. The van der Waals surface area contributed by atoms with Gasteiger partial charge in [-0.2, -0.15) is 5.10 Å². The first kappa shape index (κ1) is 14.3. The van der Waals surface area contributed by atoms with Gasteiger partial charge in [0.25, 0.3) is 5.91 Å². The van der Waals surface area contributed by atoms with Crippen molar-refractivity contribution in [1.29, 1.82) is 0 Å². The highest BCUT2D eigenvalue weighted by Crippen LogP contribution is 2.25. The molecule has 1 fully saturated rings. The smallest absolute Gasteiger partial charge is 0.251 e. The Balaban J connectivity index is 1.75. The average Bonchev–Trinajstić information content (AvgIpc) is 3.18. The molecule has 1 aliphatic rings. The van der Waals surface area contributed by atoms with Gasteiger partial charge in [0.05, 0.1) is 11.6 Å². The molecule has 0 spiro atoms. The molecule has 1 aromatic heterocycles. The first-order chi connectivity index (χ1) is 10.6. The van der Waals surface area contributed by atoms with E-state index < -0.39 is 0 Å². The highest BCUT2D eigenvalue weighted by atomic mass is 16.2. The number of nitrogens with two attached hydrogens (primary N) is 1. The van der Waals surface area contributed by atoms with Crippen LogP contribution in [0, 0.1) is 5.92 Å². The van der Waals surface area contributed by atoms with Gasteiger partial charge in [0.2, 0.25) is 5.91 Å². The maximum Gasteiger partial charge on any atom is 0.251 e. The quantitative estimate of drug-likeness (QED) is 0.890. The molecule has 0 aliphatic heterocycles. The summed E-state index contributed by atoms with van der Waals surface area (Å²) in [5.41, 5.74) is 6.75. The van der Waals surface area contributed by atoms with Crippen LogP contribution in [0.5, 0.6) is 0 Å². The highest BCUT2D eigenvalue weighted by molar-refractivity contribution is 5.95. The summed E-state index contributed by atoms with van der Waals surface area (Å²) in [6.45, 7) is 0. The van der Waals surface area contributed by atoms with E-state index in [1.54, 1.807) is 23.0 Å². The molecule has 1 aliphatic carbocycles. The van der Waals surface area contributed by atoms with E-state index in [0.29, 0.717) is 5.56 Å². The van der Waals surface area contributed by atoms with Crippen molar-refractivity contribution in [2.75, 3.05) is 0 Å². The monoisotopic (exact) mass is 298 g/mol. The lowest BCUT2D eigenvalue weighted by atomic mass is 10.0. The number of aromatic nitrogens is 2. The third-order valence-electron chi connectivity index (χ3n) is 4.08. The molecule has 3 rings (SSSR count). The number of carbonyl (C=O) groups is 2. The number of hydrogen-bond donors (Lipinski definition) is 2. The van der Waals surface area contributed by atoms with E-state index in [0.717, 1.165) is 24.9 Å². The van der Waals surface area contributed by atoms with Gasteiger partial charge in [-0.05, 0) is 37.1 Å². The van der Waals surface area contributed by atoms with E-state index in [1.165, 1.54) is 0 Å². The summed E-state index contributed by atoms with van der Waals surface area (Å²) in [4.78, 5) is 23.8. The molecule has 0 unspecified atom stereocenters. The second kappa shape index (κ2) is 6.01. The van der Waals surface area contributed by atoms with Crippen LogP contribution >= 0.6 is 0 Å². The van der Waals surface area contributed by atoms with Gasteiger partial charge in [-0.25, -0.2) is 4.68 Å². The number of nitrogens with one attached hydrogen (secondary N) is 1. The minimum absolute atomic E-state index is 0.168. The molecular weight excluding hydrogens is 280 g/mol. The SMILES string of the molecule is NC(=O)[C@H]1CCC[C@H]1NC(=O)c1cccc(-n2cccn2)c1. The molecule has 1 aromatic carbocycles. The maximum atomic E-state index is 12.4. The Morgan fingerprint density at radius 3 is 2.86 bits per heavy atom. The van der Waals surface area contributed by atoms with Gasteiger partial charge in [-0.3, -0.25) is 9.59 Å². The van der Waals surface area contributed by atoms with Gasteiger partial charge < -0.3 is 11.1 Å². The molecule has 6 heteroatoms. The number of carbonyl (C=O) groups excluding carboxylic acids is 2. The minimum atomic E-state index is -0.340. The standard InChI is InChI=1S/C16H18N4O2/c17-15(21)13-6-2-7-14(13)19-16(22)11-4-1-5-12(10-11)20-9-3-8-18-20/h1,3-5,8-10,13-14H,2,6-7H2,(H2,17,21)(H,19,22)/t13-,14+/m0/s1. The molecule has 6 nitrogen and oxygen atoms in total. The molecule has 1 heterocycles. The first-order valence-corrected chi connectivity index (χ1v) is 7.35.